The molecule has 2 heterocycles. The third kappa shape index (κ3) is 5.32. The Bertz CT molecular complexity index is 1200. The van der Waals surface area contributed by atoms with E-state index in [1.807, 2.05) is 0 Å². The molecule has 13 heteroatoms. The number of ether oxygens (including phenoxy) is 2. The fourth-order valence-corrected chi connectivity index (χ4v) is 4.51. The SMILES string of the molecule is COc1cc(F)c(N2C=C(C(=O)N3CCC[C@H]3CO)N(C)C2NC(=O)c2ccc(OC(F)F)cc2)c(F)c1. The molecule has 204 valence electrons. The van der Waals surface area contributed by atoms with Gasteiger partial charge in [-0.3, -0.25) is 9.59 Å². The minimum absolute atomic E-state index is 0.0333. The van der Waals surface area contributed by atoms with Crippen LogP contribution in [0.4, 0.5) is 23.2 Å². The Morgan fingerprint density at radius 1 is 1.13 bits per heavy atom. The van der Waals surface area contributed by atoms with E-state index < -0.39 is 48.1 Å². The number of carbonyl (C=O) groups is 2. The second-order valence-electron chi connectivity index (χ2n) is 8.70. The summed E-state index contributed by atoms with van der Waals surface area (Å²) in [7, 11) is 2.72. The van der Waals surface area contributed by atoms with Crippen molar-refractivity contribution in [1.82, 2.24) is 15.1 Å². The number of hydrogen-bond acceptors (Lipinski definition) is 7. The first kappa shape index (κ1) is 27.0. The normalized spacial score (nSPS) is 19.2. The third-order valence-corrected chi connectivity index (χ3v) is 6.43. The first-order valence-corrected chi connectivity index (χ1v) is 11.7. The van der Waals surface area contributed by atoms with Gasteiger partial charge in [0.1, 0.15) is 22.9 Å². The van der Waals surface area contributed by atoms with Crippen LogP contribution in [0, 0.1) is 11.6 Å². The van der Waals surface area contributed by atoms with Crippen molar-refractivity contribution < 1.29 is 41.7 Å². The van der Waals surface area contributed by atoms with Crippen molar-refractivity contribution in [3.8, 4) is 11.5 Å². The van der Waals surface area contributed by atoms with E-state index in [0.717, 1.165) is 17.0 Å². The van der Waals surface area contributed by atoms with Crippen molar-refractivity contribution in [2.45, 2.75) is 31.8 Å². The molecule has 2 aromatic rings. The van der Waals surface area contributed by atoms with Gasteiger partial charge in [0.05, 0.1) is 19.8 Å². The molecule has 2 aromatic carbocycles. The summed E-state index contributed by atoms with van der Waals surface area (Å²) in [6.07, 6.45) is 1.28. The molecule has 4 rings (SSSR count). The largest absolute Gasteiger partial charge is 0.497 e. The van der Waals surface area contributed by atoms with Gasteiger partial charge in [0, 0.05) is 37.5 Å². The lowest BCUT2D eigenvalue weighted by atomic mass is 10.2. The first-order chi connectivity index (χ1) is 18.1. The molecule has 2 N–H and O–H groups in total. The smallest absolute Gasteiger partial charge is 0.387 e. The van der Waals surface area contributed by atoms with Gasteiger partial charge in [-0.2, -0.15) is 8.78 Å². The number of nitrogens with one attached hydrogen (secondary N) is 1. The zero-order valence-corrected chi connectivity index (χ0v) is 20.5. The minimum atomic E-state index is -3.03. The molecule has 2 aliphatic heterocycles. The molecule has 2 atom stereocenters. The number of alkyl halides is 2. The van der Waals surface area contributed by atoms with Crippen LogP contribution in [0.1, 0.15) is 23.2 Å². The highest BCUT2D eigenvalue weighted by Gasteiger charge is 2.41. The molecular formula is C25H26F4N4O5. The summed E-state index contributed by atoms with van der Waals surface area (Å²) in [5.41, 5.74) is -0.451. The second kappa shape index (κ2) is 11.2. The Morgan fingerprint density at radius 2 is 1.79 bits per heavy atom. The number of likely N-dealkylation sites (tertiary alicyclic amines) is 1. The topological polar surface area (TPSA) is 94.6 Å². The summed E-state index contributed by atoms with van der Waals surface area (Å²) >= 11 is 0. The quantitative estimate of drug-likeness (QED) is 0.500. The number of nitrogens with zero attached hydrogens (tertiary/aromatic N) is 3. The lowest BCUT2D eigenvalue weighted by molar-refractivity contribution is -0.130. The van der Waals surface area contributed by atoms with E-state index in [2.05, 4.69) is 10.1 Å². The Morgan fingerprint density at radius 3 is 2.37 bits per heavy atom. The van der Waals surface area contributed by atoms with Gasteiger partial charge < -0.3 is 34.6 Å². The fraction of sp³-hybridized carbons (Fsp3) is 0.360. The molecule has 0 radical (unpaired) electrons. The molecule has 0 spiro atoms. The Kier molecular flexibility index (Phi) is 7.95. The minimum Gasteiger partial charge on any atom is -0.497 e. The van der Waals surface area contributed by atoms with Gasteiger partial charge in [0.15, 0.2) is 17.9 Å². The average Bonchev–Trinajstić information content (AvgIpc) is 3.48. The van der Waals surface area contributed by atoms with Crippen molar-refractivity contribution in [2.75, 3.05) is 32.2 Å². The average molecular weight is 538 g/mol. The standard InChI is InChI=1S/C25H26F4N4O5/c1-31-20(23(36)32-9-3-4-15(32)13-34)12-33(21-18(26)10-17(37-2)11-19(21)27)25(31)30-22(35)14-5-7-16(8-6-14)38-24(28)29/h5-8,10-12,15,24-25,34H,3-4,9,13H2,1-2H3,(H,30,35)/t15-,25?/m0/s1. The molecular weight excluding hydrogens is 512 g/mol. The highest BCUT2D eigenvalue weighted by atomic mass is 19.3. The van der Waals surface area contributed by atoms with Crippen molar-refractivity contribution in [2.24, 2.45) is 0 Å². The molecule has 0 aliphatic carbocycles. The predicted molar refractivity (Wildman–Crippen MR) is 127 cm³/mol. The number of hydrogen-bond donors (Lipinski definition) is 2. The van der Waals surface area contributed by atoms with E-state index in [-0.39, 0.29) is 29.4 Å². The van der Waals surface area contributed by atoms with Gasteiger partial charge in [0.25, 0.3) is 11.8 Å². The summed E-state index contributed by atoms with van der Waals surface area (Å²) in [4.78, 5) is 30.3. The van der Waals surface area contributed by atoms with Gasteiger partial charge in [-0.25, -0.2) is 8.78 Å². The van der Waals surface area contributed by atoms with E-state index >= 15 is 8.78 Å². The number of aliphatic hydroxyl groups is 1. The van der Waals surface area contributed by atoms with Crippen LogP contribution < -0.4 is 19.7 Å². The first-order valence-electron chi connectivity index (χ1n) is 11.7. The molecule has 0 bridgehead atoms. The van der Waals surface area contributed by atoms with Crippen molar-refractivity contribution in [1.29, 1.82) is 0 Å². The third-order valence-electron chi connectivity index (χ3n) is 6.43. The van der Waals surface area contributed by atoms with Gasteiger partial charge in [-0.05, 0) is 37.1 Å². The monoisotopic (exact) mass is 538 g/mol. The summed E-state index contributed by atoms with van der Waals surface area (Å²) < 4.78 is 64.2. The van der Waals surface area contributed by atoms with Crippen LogP contribution >= 0.6 is 0 Å². The maximum atomic E-state index is 15.1. The highest BCUT2D eigenvalue weighted by Crippen LogP contribution is 2.35. The van der Waals surface area contributed by atoms with Crippen LogP contribution in [-0.4, -0.2) is 73.0 Å². The zero-order chi connectivity index (χ0) is 27.6. The van der Waals surface area contributed by atoms with Gasteiger partial charge in [-0.15, -0.1) is 0 Å². The summed E-state index contributed by atoms with van der Waals surface area (Å²) in [6.45, 7) is -2.88. The number of halogens is 4. The van der Waals surface area contributed by atoms with Crippen molar-refractivity contribution >= 4 is 17.5 Å². The van der Waals surface area contributed by atoms with Crippen LogP contribution in [-0.2, 0) is 4.79 Å². The molecule has 1 fully saturated rings. The van der Waals surface area contributed by atoms with E-state index in [1.165, 1.54) is 54.4 Å². The lowest BCUT2D eigenvalue weighted by Gasteiger charge is -2.33. The molecule has 1 unspecified atom stereocenters. The van der Waals surface area contributed by atoms with Crippen LogP contribution in [0.5, 0.6) is 11.5 Å². The van der Waals surface area contributed by atoms with E-state index in [9.17, 15) is 23.5 Å². The zero-order valence-electron chi connectivity index (χ0n) is 20.5. The molecule has 2 amide bonds. The van der Waals surface area contributed by atoms with E-state index in [0.29, 0.717) is 19.4 Å². The molecule has 38 heavy (non-hydrogen) atoms. The number of amides is 2. The van der Waals surface area contributed by atoms with Crippen molar-refractivity contribution in [3.05, 3.63) is 65.5 Å². The number of carbonyl (C=O) groups excluding carboxylic acids is 2. The molecule has 0 aromatic heterocycles. The van der Waals surface area contributed by atoms with Crippen LogP contribution in [0.2, 0.25) is 0 Å². The van der Waals surface area contributed by atoms with Crippen molar-refractivity contribution in [3.63, 3.8) is 0 Å². The molecule has 0 saturated carbocycles. The lowest BCUT2D eigenvalue weighted by Crippen LogP contribution is -2.53. The van der Waals surface area contributed by atoms with Gasteiger partial charge in [0.2, 0.25) is 0 Å². The summed E-state index contributed by atoms with van der Waals surface area (Å²) in [5.74, 6) is -3.40. The molecule has 9 nitrogen and oxygen atoms in total. The second-order valence-corrected chi connectivity index (χ2v) is 8.70. The van der Waals surface area contributed by atoms with Crippen LogP contribution in [0.25, 0.3) is 0 Å². The highest BCUT2D eigenvalue weighted by molar-refractivity contribution is 5.97. The number of rotatable bonds is 8. The van der Waals surface area contributed by atoms with Crippen LogP contribution in [0.15, 0.2) is 48.3 Å². The summed E-state index contributed by atoms with van der Waals surface area (Å²) in [5, 5.41) is 12.3. The number of aliphatic hydroxyl groups excluding tert-OH is 1. The van der Waals surface area contributed by atoms with Crippen LogP contribution in [0.3, 0.4) is 0 Å². The van der Waals surface area contributed by atoms with E-state index in [1.54, 1.807) is 0 Å². The number of methoxy groups -OCH3 is 1. The maximum Gasteiger partial charge on any atom is 0.387 e. The number of benzene rings is 2. The number of anilines is 1. The Labute approximate surface area is 215 Å². The molecule has 1 saturated heterocycles. The van der Waals surface area contributed by atoms with Gasteiger partial charge in [-0.1, -0.05) is 0 Å². The fourth-order valence-electron chi connectivity index (χ4n) is 4.51. The summed E-state index contributed by atoms with van der Waals surface area (Å²) in [6, 6.07) is 6.38. The van der Waals surface area contributed by atoms with E-state index in [4.69, 9.17) is 4.74 Å². The Hall–Kier alpha value is -4.00. The number of likely N-dealkylation sites (N-methyl/N-ethyl adjacent to an activating group) is 1. The predicted octanol–water partition coefficient (Wildman–Crippen LogP) is 2.86. The van der Waals surface area contributed by atoms with Gasteiger partial charge >= 0.3 is 6.61 Å². The molecule has 2 aliphatic rings. The maximum absolute atomic E-state index is 15.1. The Balaban J connectivity index is 1.67.